The molecule has 0 aliphatic rings. The summed E-state index contributed by atoms with van der Waals surface area (Å²) in [5, 5.41) is 7.17. The van der Waals surface area contributed by atoms with E-state index in [1.54, 1.807) is 25.2 Å². The Labute approximate surface area is 166 Å². The van der Waals surface area contributed by atoms with Crippen LogP contribution < -0.4 is 4.74 Å². The molecule has 3 aromatic rings. The number of carbonyl (C=O) groups is 1. The number of amides is 1. The molecule has 0 radical (unpaired) electrons. The first kappa shape index (κ1) is 20.4. The summed E-state index contributed by atoms with van der Waals surface area (Å²) in [5.74, 6) is -0.630. The lowest BCUT2D eigenvalue weighted by molar-refractivity contribution is -0.0499. The zero-order chi connectivity index (χ0) is 20.8. The van der Waals surface area contributed by atoms with Gasteiger partial charge in [-0.3, -0.25) is 9.89 Å². The van der Waals surface area contributed by atoms with Gasteiger partial charge in [0.1, 0.15) is 11.6 Å². The zero-order valence-electron chi connectivity index (χ0n) is 15.7. The lowest BCUT2D eigenvalue weighted by Gasteiger charge is -2.17. The molecule has 3 rings (SSSR count). The molecule has 0 bridgehead atoms. The second-order valence-electron chi connectivity index (χ2n) is 6.52. The number of rotatable bonds is 8. The van der Waals surface area contributed by atoms with Gasteiger partial charge in [0.2, 0.25) is 0 Å². The van der Waals surface area contributed by atoms with E-state index in [0.29, 0.717) is 19.4 Å². The molecule has 1 heterocycles. The molecule has 152 valence electrons. The summed E-state index contributed by atoms with van der Waals surface area (Å²) in [4.78, 5) is 14.0. The van der Waals surface area contributed by atoms with Gasteiger partial charge < -0.3 is 9.64 Å². The van der Waals surface area contributed by atoms with Crippen LogP contribution in [0.3, 0.4) is 0 Å². The van der Waals surface area contributed by atoms with Gasteiger partial charge >= 0.3 is 6.61 Å². The van der Waals surface area contributed by atoms with Crippen molar-refractivity contribution in [3.63, 3.8) is 0 Å². The Morgan fingerprint density at radius 2 is 1.93 bits per heavy atom. The maximum atomic E-state index is 13.0. The summed E-state index contributed by atoms with van der Waals surface area (Å²) >= 11 is 0. The number of nitrogens with one attached hydrogen (secondary N) is 1. The number of ether oxygens (including phenoxy) is 1. The smallest absolute Gasteiger partial charge is 0.387 e. The van der Waals surface area contributed by atoms with Gasteiger partial charge in [-0.25, -0.2) is 4.39 Å². The van der Waals surface area contributed by atoms with Crippen molar-refractivity contribution in [2.75, 3.05) is 13.6 Å². The molecular formula is C21H20F3N3O2. The van der Waals surface area contributed by atoms with Crippen LogP contribution in [0, 0.1) is 5.82 Å². The van der Waals surface area contributed by atoms with Gasteiger partial charge in [0, 0.05) is 30.4 Å². The standard InChI is InChI=1S/C21H20F3N3O2/c1-27(20(28)15-4-2-6-18(12-15)29-21(23)24)11-3-5-17-13-19(26-25-17)14-7-9-16(22)10-8-14/h2,4,6-10,12-13,21H,3,5,11H2,1H3,(H,25,26). The van der Waals surface area contributed by atoms with E-state index < -0.39 is 6.61 Å². The first-order valence-electron chi connectivity index (χ1n) is 9.03. The normalized spacial score (nSPS) is 10.9. The Balaban J connectivity index is 1.53. The van der Waals surface area contributed by atoms with E-state index in [-0.39, 0.29) is 23.0 Å². The van der Waals surface area contributed by atoms with E-state index in [1.807, 2.05) is 6.07 Å². The molecule has 1 aromatic heterocycles. The van der Waals surface area contributed by atoms with E-state index in [2.05, 4.69) is 14.9 Å². The molecule has 1 N–H and O–H groups in total. The molecule has 0 atom stereocenters. The van der Waals surface area contributed by atoms with Gasteiger partial charge in [-0.2, -0.15) is 13.9 Å². The predicted octanol–water partition coefficient (Wildman–Crippen LogP) is 4.52. The van der Waals surface area contributed by atoms with E-state index in [4.69, 9.17) is 0 Å². The predicted molar refractivity (Wildman–Crippen MR) is 102 cm³/mol. The number of benzene rings is 2. The van der Waals surface area contributed by atoms with E-state index in [1.165, 1.54) is 35.2 Å². The number of H-pyrrole nitrogens is 1. The Bertz CT molecular complexity index is 958. The van der Waals surface area contributed by atoms with Crippen molar-refractivity contribution < 1.29 is 22.7 Å². The van der Waals surface area contributed by atoms with Crippen LogP contribution in [-0.2, 0) is 6.42 Å². The topological polar surface area (TPSA) is 58.2 Å². The third kappa shape index (κ3) is 5.60. The number of aromatic amines is 1. The minimum Gasteiger partial charge on any atom is -0.435 e. The van der Waals surface area contributed by atoms with Crippen molar-refractivity contribution in [1.29, 1.82) is 0 Å². The third-order valence-electron chi connectivity index (χ3n) is 4.36. The summed E-state index contributed by atoms with van der Waals surface area (Å²) in [6, 6.07) is 13.7. The van der Waals surface area contributed by atoms with Crippen LogP contribution in [0.5, 0.6) is 5.75 Å². The minimum atomic E-state index is -2.94. The highest BCUT2D eigenvalue weighted by Crippen LogP contribution is 2.19. The maximum Gasteiger partial charge on any atom is 0.387 e. The highest BCUT2D eigenvalue weighted by atomic mass is 19.3. The molecule has 2 aromatic carbocycles. The largest absolute Gasteiger partial charge is 0.435 e. The van der Waals surface area contributed by atoms with Gasteiger partial charge in [-0.15, -0.1) is 0 Å². The lowest BCUT2D eigenvalue weighted by atomic mass is 10.1. The number of hydrogen-bond acceptors (Lipinski definition) is 3. The number of hydrogen-bond donors (Lipinski definition) is 1. The number of aryl methyl sites for hydroxylation is 1. The summed E-state index contributed by atoms with van der Waals surface area (Å²) in [6.45, 7) is -2.46. The quantitative estimate of drug-likeness (QED) is 0.602. The van der Waals surface area contributed by atoms with Crippen LogP contribution in [0.15, 0.2) is 54.6 Å². The fraction of sp³-hybridized carbons (Fsp3) is 0.238. The molecule has 0 aliphatic heterocycles. The third-order valence-corrected chi connectivity index (χ3v) is 4.36. The Hall–Kier alpha value is -3.29. The van der Waals surface area contributed by atoms with Gasteiger partial charge in [0.05, 0.1) is 5.69 Å². The summed E-state index contributed by atoms with van der Waals surface area (Å²) in [6.07, 6.45) is 1.35. The lowest BCUT2D eigenvalue weighted by Crippen LogP contribution is -2.28. The molecule has 8 heteroatoms. The Morgan fingerprint density at radius 1 is 1.17 bits per heavy atom. The molecule has 0 spiro atoms. The first-order valence-corrected chi connectivity index (χ1v) is 9.03. The van der Waals surface area contributed by atoms with Crippen molar-refractivity contribution in [3.05, 3.63) is 71.7 Å². The van der Waals surface area contributed by atoms with Gasteiger partial charge in [-0.1, -0.05) is 6.07 Å². The van der Waals surface area contributed by atoms with E-state index >= 15 is 0 Å². The minimum absolute atomic E-state index is 0.0509. The summed E-state index contributed by atoms with van der Waals surface area (Å²) in [7, 11) is 1.65. The molecule has 0 unspecified atom stereocenters. The monoisotopic (exact) mass is 403 g/mol. The number of nitrogens with zero attached hydrogens (tertiary/aromatic N) is 2. The van der Waals surface area contributed by atoms with Gasteiger partial charge in [0.15, 0.2) is 0 Å². The number of aromatic nitrogens is 2. The highest BCUT2D eigenvalue weighted by Gasteiger charge is 2.14. The Morgan fingerprint density at radius 3 is 2.66 bits per heavy atom. The SMILES string of the molecule is CN(CCCc1cc(-c2ccc(F)cc2)n[nH]1)C(=O)c1cccc(OC(F)F)c1. The average Bonchev–Trinajstić information content (AvgIpc) is 3.16. The number of carbonyl (C=O) groups excluding carboxylic acids is 1. The maximum absolute atomic E-state index is 13.0. The van der Waals surface area contributed by atoms with Crippen molar-refractivity contribution >= 4 is 5.91 Å². The zero-order valence-corrected chi connectivity index (χ0v) is 15.7. The van der Waals surface area contributed by atoms with Gasteiger partial charge in [-0.05, 0) is 61.4 Å². The van der Waals surface area contributed by atoms with E-state index in [9.17, 15) is 18.0 Å². The number of alkyl halides is 2. The molecule has 0 aliphatic carbocycles. The van der Waals surface area contributed by atoms with Crippen LogP contribution in [0.25, 0.3) is 11.3 Å². The molecule has 5 nitrogen and oxygen atoms in total. The fourth-order valence-electron chi connectivity index (χ4n) is 2.89. The molecule has 0 saturated carbocycles. The van der Waals surface area contributed by atoms with Crippen LogP contribution in [0.2, 0.25) is 0 Å². The van der Waals surface area contributed by atoms with Crippen molar-refractivity contribution in [1.82, 2.24) is 15.1 Å². The number of halogens is 3. The summed E-state index contributed by atoms with van der Waals surface area (Å²) in [5.41, 5.74) is 2.72. The average molecular weight is 403 g/mol. The second kappa shape index (κ2) is 9.27. The molecular weight excluding hydrogens is 383 g/mol. The van der Waals surface area contributed by atoms with Crippen LogP contribution in [0.4, 0.5) is 13.2 Å². The first-order chi connectivity index (χ1) is 13.9. The summed E-state index contributed by atoms with van der Waals surface area (Å²) < 4.78 is 42.0. The van der Waals surface area contributed by atoms with Gasteiger partial charge in [0.25, 0.3) is 5.91 Å². The van der Waals surface area contributed by atoms with Crippen LogP contribution in [0.1, 0.15) is 22.5 Å². The van der Waals surface area contributed by atoms with E-state index in [0.717, 1.165) is 17.0 Å². The van der Waals surface area contributed by atoms with Crippen molar-refractivity contribution in [2.24, 2.45) is 0 Å². The highest BCUT2D eigenvalue weighted by molar-refractivity contribution is 5.94. The molecule has 0 fully saturated rings. The Kier molecular flexibility index (Phi) is 6.54. The van der Waals surface area contributed by atoms with Crippen LogP contribution >= 0.6 is 0 Å². The molecule has 29 heavy (non-hydrogen) atoms. The molecule has 1 amide bonds. The van der Waals surface area contributed by atoms with Crippen molar-refractivity contribution in [3.8, 4) is 17.0 Å². The van der Waals surface area contributed by atoms with Crippen LogP contribution in [-0.4, -0.2) is 41.2 Å². The fourth-order valence-corrected chi connectivity index (χ4v) is 2.89. The molecule has 0 saturated heterocycles. The van der Waals surface area contributed by atoms with Crippen molar-refractivity contribution in [2.45, 2.75) is 19.5 Å². The second-order valence-corrected chi connectivity index (χ2v) is 6.52.